The minimum Gasteiger partial charge on any atom is -0.469 e. The van der Waals surface area contributed by atoms with E-state index in [1.54, 1.807) is 0 Å². The SMILES string of the molecule is COC(=O)C(C)CN1CCC(C(C)(C)C)C1. The fourth-order valence-electron chi connectivity index (χ4n) is 2.37. The minimum atomic E-state index is -0.0980. The highest BCUT2D eigenvalue weighted by atomic mass is 16.5. The van der Waals surface area contributed by atoms with Crippen LogP contribution in [0.3, 0.4) is 0 Å². The molecule has 0 aromatic rings. The van der Waals surface area contributed by atoms with Gasteiger partial charge in [-0.05, 0) is 24.3 Å². The van der Waals surface area contributed by atoms with Gasteiger partial charge in [0, 0.05) is 13.1 Å². The van der Waals surface area contributed by atoms with Crippen LogP contribution in [0.25, 0.3) is 0 Å². The summed E-state index contributed by atoms with van der Waals surface area (Å²) in [5, 5.41) is 0. The molecule has 1 aliphatic heterocycles. The van der Waals surface area contributed by atoms with Crippen molar-refractivity contribution in [3.63, 3.8) is 0 Å². The lowest BCUT2D eigenvalue weighted by Crippen LogP contribution is -2.32. The minimum absolute atomic E-state index is 0.0104. The summed E-state index contributed by atoms with van der Waals surface area (Å²) in [6, 6.07) is 0. The predicted molar refractivity (Wildman–Crippen MR) is 65.2 cm³/mol. The number of likely N-dealkylation sites (tertiary alicyclic amines) is 1. The molecule has 94 valence electrons. The molecule has 1 rings (SSSR count). The summed E-state index contributed by atoms with van der Waals surface area (Å²) in [5.41, 5.74) is 0.378. The molecule has 0 N–H and O–H groups in total. The molecule has 1 fully saturated rings. The molecule has 1 heterocycles. The zero-order valence-electron chi connectivity index (χ0n) is 11.2. The van der Waals surface area contributed by atoms with Crippen LogP contribution in [0.2, 0.25) is 0 Å². The third-order valence-electron chi connectivity index (χ3n) is 3.63. The normalized spacial score (nSPS) is 24.4. The van der Waals surface area contributed by atoms with E-state index in [1.807, 2.05) is 6.92 Å². The second kappa shape index (κ2) is 5.17. The zero-order valence-corrected chi connectivity index (χ0v) is 11.2. The average molecular weight is 227 g/mol. The van der Waals surface area contributed by atoms with E-state index >= 15 is 0 Å². The van der Waals surface area contributed by atoms with Crippen LogP contribution in [0.5, 0.6) is 0 Å². The Balaban J connectivity index is 2.40. The van der Waals surface area contributed by atoms with Crippen molar-refractivity contribution in [1.82, 2.24) is 4.90 Å². The molecule has 3 nitrogen and oxygen atoms in total. The van der Waals surface area contributed by atoms with E-state index in [0.29, 0.717) is 5.41 Å². The third-order valence-corrected chi connectivity index (χ3v) is 3.63. The second-order valence-corrected chi connectivity index (χ2v) is 6.04. The summed E-state index contributed by atoms with van der Waals surface area (Å²) in [4.78, 5) is 13.7. The summed E-state index contributed by atoms with van der Waals surface area (Å²) < 4.78 is 4.75. The number of nitrogens with zero attached hydrogens (tertiary/aromatic N) is 1. The van der Waals surface area contributed by atoms with Crippen molar-refractivity contribution < 1.29 is 9.53 Å². The van der Waals surface area contributed by atoms with E-state index in [2.05, 4.69) is 25.7 Å². The standard InChI is InChI=1S/C13H25NO2/c1-10(12(15)16-5)8-14-7-6-11(9-14)13(2,3)4/h10-11H,6-9H2,1-5H3. The first-order valence-electron chi connectivity index (χ1n) is 6.14. The highest BCUT2D eigenvalue weighted by Gasteiger charge is 2.32. The highest BCUT2D eigenvalue weighted by Crippen LogP contribution is 2.33. The maximum Gasteiger partial charge on any atom is 0.309 e. The second-order valence-electron chi connectivity index (χ2n) is 6.04. The van der Waals surface area contributed by atoms with Gasteiger partial charge in [-0.1, -0.05) is 27.7 Å². The Hall–Kier alpha value is -0.570. The summed E-state index contributed by atoms with van der Waals surface area (Å²) in [7, 11) is 1.46. The number of rotatable bonds is 3. The zero-order chi connectivity index (χ0) is 12.3. The van der Waals surface area contributed by atoms with Gasteiger partial charge in [0.1, 0.15) is 0 Å². The number of hydrogen-bond acceptors (Lipinski definition) is 3. The lowest BCUT2D eigenvalue weighted by atomic mass is 9.80. The number of esters is 1. The number of ether oxygens (including phenoxy) is 1. The van der Waals surface area contributed by atoms with Gasteiger partial charge in [-0.15, -0.1) is 0 Å². The summed E-state index contributed by atoms with van der Waals surface area (Å²) >= 11 is 0. The smallest absolute Gasteiger partial charge is 0.309 e. The maximum atomic E-state index is 11.3. The van der Waals surface area contributed by atoms with Gasteiger partial charge in [0.05, 0.1) is 13.0 Å². The topological polar surface area (TPSA) is 29.5 Å². The van der Waals surface area contributed by atoms with E-state index in [0.717, 1.165) is 25.6 Å². The first-order valence-corrected chi connectivity index (χ1v) is 6.14. The summed E-state index contributed by atoms with van der Waals surface area (Å²) in [5.74, 6) is 0.639. The lowest BCUT2D eigenvalue weighted by molar-refractivity contribution is -0.145. The average Bonchev–Trinajstić information content (AvgIpc) is 2.64. The van der Waals surface area contributed by atoms with Gasteiger partial charge in [0.15, 0.2) is 0 Å². The van der Waals surface area contributed by atoms with Crippen LogP contribution >= 0.6 is 0 Å². The molecule has 2 atom stereocenters. The van der Waals surface area contributed by atoms with E-state index in [9.17, 15) is 4.79 Å². The Kier molecular flexibility index (Phi) is 4.36. The molecule has 3 heteroatoms. The quantitative estimate of drug-likeness (QED) is 0.692. The molecule has 0 aliphatic carbocycles. The number of methoxy groups -OCH3 is 1. The molecule has 0 saturated carbocycles. The number of hydrogen-bond donors (Lipinski definition) is 0. The van der Waals surface area contributed by atoms with Gasteiger partial charge >= 0.3 is 5.97 Å². The Morgan fingerprint density at radius 3 is 2.56 bits per heavy atom. The van der Waals surface area contributed by atoms with Crippen LogP contribution in [0.1, 0.15) is 34.1 Å². The fourth-order valence-corrected chi connectivity index (χ4v) is 2.37. The van der Waals surface area contributed by atoms with Crippen LogP contribution in [0.15, 0.2) is 0 Å². The monoisotopic (exact) mass is 227 g/mol. The van der Waals surface area contributed by atoms with Gasteiger partial charge in [0.25, 0.3) is 0 Å². The predicted octanol–water partition coefficient (Wildman–Crippen LogP) is 2.16. The first-order chi connectivity index (χ1) is 7.34. The molecule has 1 saturated heterocycles. The molecule has 0 aromatic carbocycles. The van der Waals surface area contributed by atoms with Crippen molar-refractivity contribution in [2.45, 2.75) is 34.1 Å². The summed E-state index contributed by atoms with van der Waals surface area (Å²) in [6.07, 6.45) is 1.25. The molecule has 0 radical (unpaired) electrons. The number of carbonyl (C=O) groups is 1. The van der Waals surface area contributed by atoms with Gasteiger partial charge in [-0.25, -0.2) is 0 Å². The Labute approximate surface area is 99.1 Å². The van der Waals surface area contributed by atoms with Crippen molar-refractivity contribution >= 4 is 5.97 Å². The van der Waals surface area contributed by atoms with Gasteiger partial charge < -0.3 is 9.64 Å². The van der Waals surface area contributed by atoms with Crippen molar-refractivity contribution in [2.75, 3.05) is 26.7 Å². The fraction of sp³-hybridized carbons (Fsp3) is 0.923. The molecular formula is C13H25NO2. The Morgan fingerprint density at radius 2 is 2.12 bits per heavy atom. The molecule has 0 bridgehead atoms. The van der Waals surface area contributed by atoms with Gasteiger partial charge in [-0.3, -0.25) is 4.79 Å². The van der Waals surface area contributed by atoms with Crippen LogP contribution in [-0.2, 0) is 9.53 Å². The van der Waals surface area contributed by atoms with Crippen LogP contribution in [0, 0.1) is 17.3 Å². The summed E-state index contributed by atoms with van der Waals surface area (Å²) in [6.45, 7) is 11.9. The Morgan fingerprint density at radius 1 is 1.50 bits per heavy atom. The molecule has 16 heavy (non-hydrogen) atoms. The van der Waals surface area contributed by atoms with E-state index < -0.39 is 0 Å². The lowest BCUT2D eigenvalue weighted by Gasteiger charge is -2.27. The highest BCUT2D eigenvalue weighted by molar-refractivity contribution is 5.72. The number of carbonyl (C=O) groups excluding carboxylic acids is 1. The van der Waals surface area contributed by atoms with Crippen molar-refractivity contribution in [3.05, 3.63) is 0 Å². The largest absolute Gasteiger partial charge is 0.469 e. The first kappa shape index (κ1) is 13.5. The molecular weight excluding hydrogens is 202 g/mol. The van der Waals surface area contributed by atoms with Crippen LogP contribution in [-0.4, -0.2) is 37.6 Å². The van der Waals surface area contributed by atoms with Crippen LogP contribution in [0.4, 0.5) is 0 Å². The van der Waals surface area contributed by atoms with Crippen molar-refractivity contribution in [3.8, 4) is 0 Å². The Bertz CT molecular complexity index is 245. The molecule has 2 unspecified atom stereocenters. The molecule has 1 aliphatic rings. The molecule has 0 amide bonds. The van der Waals surface area contributed by atoms with Crippen molar-refractivity contribution in [2.24, 2.45) is 17.3 Å². The van der Waals surface area contributed by atoms with Gasteiger partial charge in [0.2, 0.25) is 0 Å². The third kappa shape index (κ3) is 3.48. The maximum absolute atomic E-state index is 11.3. The van der Waals surface area contributed by atoms with Gasteiger partial charge in [-0.2, -0.15) is 0 Å². The molecule has 0 spiro atoms. The van der Waals surface area contributed by atoms with Crippen LogP contribution < -0.4 is 0 Å². The van der Waals surface area contributed by atoms with E-state index in [-0.39, 0.29) is 11.9 Å². The van der Waals surface area contributed by atoms with E-state index in [1.165, 1.54) is 13.5 Å². The van der Waals surface area contributed by atoms with Crippen molar-refractivity contribution in [1.29, 1.82) is 0 Å². The van der Waals surface area contributed by atoms with E-state index in [4.69, 9.17) is 4.74 Å². The molecule has 0 aromatic heterocycles.